The van der Waals surface area contributed by atoms with Crippen LogP contribution in [0.4, 0.5) is 3.89 Å². The van der Waals surface area contributed by atoms with Gasteiger partial charge in [0.05, 0.1) is 0 Å². The van der Waals surface area contributed by atoms with Crippen molar-refractivity contribution in [2.45, 2.75) is 25.9 Å². The SMILES string of the molecule is Cc1ccc(OC2CCC(=O)NC2=O)cc1OS(=O)(=O)F. The summed E-state index contributed by atoms with van der Waals surface area (Å²) in [5.74, 6) is -1.06. The standard InChI is InChI=1S/C12H12FNO6S/c1-7-2-3-8(6-10(7)20-21(13,17)18)19-9-4-5-11(15)14-12(9)16/h2-3,6,9H,4-5H2,1H3,(H,14,15,16). The van der Waals surface area contributed by atoms with E-state index in [0.717, 1.165) is 6.07 Å². The molecule has 114 valence electrons. The highest BCUT2D eigenvalue weighted by atomic mass is 32.3. The van der Waals surface area contributed by atoms with E-state index in [9.17, 15) is 21.9 Å². The number of piperidine rings is 1. The highest BCUT2D eigenvalue weighted by Crippen LogP contribution is 2.27. The number of carbonyl (C=O) groups is 2. The number of rotatable bonds is 4. The van der Waals surface area contributed by atoms with Gasteiger partial charge in [0.2, 0.25) is 5.91 Å². The number of imide groups is 1. The zero-order valence-corrected chi connectivity index (χ0v) is 11.8. The Balaban J connectivity index is 2.16. The Morgan fingerprint density at radius 2 is 2.05 bits per heavy atom. The second kappa shape index (κ2) is 5.68. The molecule has 1 aromatic rings. The van der Waals surface area contributed by atoms with Crippen LogP contribution in [0.2, 0.25) is 0 Å². The maximum absolute atomic E-state index is 12.6. The molecule has 0 aliphatic carbocycles. The summed E-state index contributed by atoms with van der Waals surface area (Å²) in [6, 6.07) is 4.11. The molecule has 1 fully saturated rings. The van der Waals surface area contributed by atoms with Gasteiger partial charge in [0, 0.05) is 18.9 Å². The molecular formula is C12H12FNO6S. The van der Waals surface area contributed by atoms with E-state index in [1.54, 1.807) is 0 Å². The van der Waals surface area contributed by atoms with Gasteiger partial charge < -0.3 is 8.92 Å². The molecule has 0 spiro atoms. The van der Waals surface area contributed by atoms with E-state index in [-0.39, 0.29) is 30.2 Å². The lowest BCUT2D eigenvalue weighted by Crippen LogP contribution is -2.46. The molecule has 2 rings (SSSR count). The average molecular weight is 317 g/mol. The molecule has 1 aromatic carbocycles. The first kappa shape index (κ1) is 15.2. The van der Waals surface area contributed by atoms with Crippen molar-refractivity contribution < 1.29 is 30.8 Å². The number of ether oxygens (including phenoxy) is 1. The molecule has 2 amide bonds. The van der Waals surface area contributed by atoms with Crippen LogP contribution in [-0.2, 0) is 20.1 Å². The van der Waals surface area contributed by atoms with Gasteiger partial charge in [-0.2, -0.15) is 8.42 Å². The molecule has 0 radical (unpaired) electrons. The lowest BCUT2D eigenvalue weighted by Gasteiger charge is -2.22. The van der Waals surface area contributed by atoms with Crippen LogP contribution < -0.4 is 14.2 Å². The van der Waals surface area contributed by atoms with Gasteiger partial charge in [0.1, 0.15) is 5.75 Å². The van der Waals surface area contributed by atoms with Crippen molar-refractivity contribution in [3.05, 3.63) is 23.8 Å². The lowest BCUT2D eigenvalue weighted by atomic mass is 10.1. The molecule has 1 N–H and O–H groups in total. The van der Waals surface area contributed by atoms with Crippen LogP contribution in [0, 0.1) is 6.92 Å². The molecule has 0 saturated carbocycles. The van der Waals surface area contributed by atoms with E-state index in [0.29, 0.717) is 5.56 Å². The highest BCUT2D eigenvalue weighted by molar-refractivity contribution is 7.81. The van der Waals surface area contributed by atoms with E-state index in [1.165, 1.54) is 19.1 Å². The van der Waals surface area contributed by atoms with E-state index >= 15 is 0 Å². The summed E-state index contributed by atoms with van der Waals surface area (Å²) in [7, 11) is -5.15. The molecule has 1 aliphatic rings. The van der Waals surface area contributed by atoms with Crippen LogP contribution in [0.25, 0.3) is 0 Å². The smallest absolute Gasteiger partial charge is 0.480 e. The first-order chi connectivity index (χ1) is 9.74. The first-order valence-electron chi connectivity index (χ1n) is 6.00. The highest BCUT2D eigenvalue weighted by Gasteiger charge is 2.28. The van der Waals surface area contributed by atoms with Gasteiger partial charge in [0.25, 0.3) is 5.91 Å². The molecule has 0 aromatic heterocycles. The molecule has 1 saturated heterocycles. The van der Waals surface area contributed by atoms with Crippen molar-refractivity contribution in [1.29, 1.82) is 0 Å². The van der Waals surface area contributed by atoms with Crippen LogP contribution in [0.1, 0.15) is 18.4 Å². The normalized spacial score (nSPS) is 19.0. The zero-order chi connectivity index (χ0) is 15.6. The Labute approximate surface area is 120 Å². The number of hydrogen-bond acceptors (Lipinski definition) is 6. The summed E-state index contributed by atoms with van der Waals surface area (Å²) >= 11 is 0. The monoisotopic (exact) mass is 317 g/mol. The van der Waals surface area contributed by atoms with Gasteiger partial charge in [-0.05, 0) is 18.6 Å². The molecule has 0 bridgehead atoms. The van der Waals surface area contributed by atoms with Crippen LogP contribution in [-0.4, -0.2) is 26.3 Å². The van der Waals surface area contributed by atoms with Gasteiger partial charge in [-0.25, -0.2) is 0 Å². The third-order valence-corrected chi connectivity index (χ3v) is 3.19. The van der Waals surface area contributed by atoms with Crippen molar-refractivity contribution >= 4 is 22.3 Å². The molecule has 1 aliphatic heterocycles. The molecule has 9 heteroatoms. The fourth-order valence-corrected chi connectivity index (χ4v) is 2.20. The van der Waals surface area contributed by atoms with Gasteiger partial charge in [-0.1, -0.05) is 9.95 Å². The number of carbonyl (C=O) groups excluding carboxylic acids is 2. The summed E-state index contributed by atoms with van der Waals surface area (Å²) in [4.78, 5) is 22.6. The summed E-state index contributed by atoms with van der Waals surface area (Å²) in [5.41, 5.74) is 0.381. The lowest BCUT2D eigenvalue weighted by molar-refractivity contribution is -0.138. The molecule has 7 nitrogen and oxygen atoms in total. The minimum absolute atomic E-state index is 0.133. The Morgan fingerprint density at radius 1 is 1.33 bits per heavy atom. The summed E-state index contributed by atoms with van der Waals surface area (Å²) in [5, 5.41) is 2.12. The van der Waals surface area contributed by atoms with Crippen LogP contribution in [0.3, 0.4) is 0 Å². The van der Waals surface area contributed by atoms with Gasteiger partial charge in [0.15, 0.2) is 11.9 Å². The van der Waals surface area contributed by atoms with Gasteiger partial charge >= 0.3 is 10.5 Å². The second-order valence-electron chi connectivity index (χ2n) is 4.46. The van der Waals surface area contributed by atoms with E-state index in [4.69, 9.17) is 4.74 Å². The second-order valence-corrected chi connectivity index (χ2v) is 5.41. The summed E-state index contributed by atoms with van der Waals surface area (Å²) in [6.07, 6.45) is -0.527. The van der Waals surface area contributed by atoms with Crippen LogP contribution in [0.15, 0.2) is 18.2 Å². The molecule has 1 atom stereocenters. The third-order valence-electron chi connectivity index (χ3n) is 2.82. The predicted octanol–water partition coefficient (Wildman–Crippen LogP) is 0.772. The maximum Gasteiger partial charge on any atom is 0.488 e. The molecule has 1 heterocycles. The number of nitrogens with one attached hydrogen (secondary N) is 1. The Hall–Kier alpha value is -2.16. The van der Waals surface area contributed by atoms with Gasteiger partial charge in [-0.15, -0.1) is 0 Å². The topological polar surface area (TPSA) is 98.8 Å². The fourth-order valence-electron chi connectivity index (χ4n) is 1.80. The van der Waals surface area contributed by atoms with E-state index in [1.807, 2.05) is 0 Å². The average Bonchev–Trinajstić information content (AvgIpc) is 2.35. The predicted molar refractivity (Wildman–Crippen MR) is 68.6 cm³/mol. The molecular weight excluding hydrogens is 305 g/mol. The first-order valence-corrected chi connectivity index (χ1v) is 7.30. The third kappa shape index (κ3) is 4.15. The molecule has 21 heavy (non-hydrogen) atoms. The minimum Gasteiger partial charge on any atom is -0.480 e. The van der Waals surface area contributed by atoms with E-state index < -0.39 is 22.5 Å². The number of aryl methyl sites for hydroxylation is 1. The van der Waals surface area contributed by atoms with Gasteiger partial charge in [-0.3, -0.25) is 14.9 Å². The summed E-state index contributed by atoms with van der Waals surface area (Å²) in [6.45, 7) is 1.52. The Bertz CT molecular complexity index is 687. The van der Waals surface area contributed by atoms with Crippen molar-refractivity contribution in [2.24, 2.45) is 0 Å². The molecule has 1 unspecified atom stereocenters. The largest absolute Gasteiger partial charge is 0.488 e. The van der Waals surface area contributed by atoms with Crippen LogP contribution >= 0.6 is 0 Å². The number of amides is 2. The van der Waals surface area contributed by atoms with Crippen molar-refractivity contribution in [2.75, 3.05) is 0 Å². The Kier molecular flexibility index (Phi) is 4.12. The number of hydrogen-bond donors (Lipinski definition) is 1. The van der Waals surface area contributed by atoms with Crippen molar-refractivity contribution in [1.82, 2.24) is 5.32 Å². The zero-order valence-electron chi connectivity index (χ0n) is 11.0. The fraction of sp³-hybridized carbons (Fsp3) is 0.333. The number of benzene rings is 1. The quantitative estimate of drug-likeness (QED) is 0.650. The van der Waals surface area contributed by atoms with Crippen molar-refractivity contribution in [3.8, 4) is 11.5 Å². The summed E-state index contributed by atoms with van der Waals surface area (Å²) < 4.78 is 43.1. The maximum atomic E-state index is 12.6. The van der Waals surface area contributed by atoms with E-state index in [2.05, 4.69) is 9.50 Å². The Morgan fingerprint density at radius 3 is 2.67 bits per heavy atom. The number of halogens is 1. The minimum atomic E-state index is -5.15. The van der Waals surface area contributed by atoms with Crippen molar-refractivity contribution in [3.63, 3.8) is 0 Å². The van der Waals surface area contributed by atoms with Crippen LogP contribution in [0.5, 0.6) is 11.5 Å².